The zero-order valence-electron chi connectivity index (χ0n) is 48.9. The molecule has 14 rings (SSSR count). The molecule has 0 unspecified atom stereocenters. The minimum absolute atomic E-state index is 0. The van der Waals surface area contributed by atoms with Crippen molar-refractivity contribution in [1.82, 2.24) is 39.2 Å². The number of carboxylic acids is 6. The van der Waals surface area contributed by atoms with E-state index in [1.165, 1.54) is 153 Å². The minimum Gasteiger partial charge on any atom is -0.545 e. The number of carbonyl (C=O) groups is 6. The van der Waals surface area contributed by atoms with Crippen LogP contribution in [0.1, 0.15) is 62.1 Å². The van der Waals surface area contributed by atoms with E-state index in [4.69, 9.17) is 0 Å². The summed E-state index contributed by atoms with van der Waals surface area (Å²) >= 11 is 0. The number of nitrogens with zero attached hydrogens (tertiary/aromatic N) is 8. The van der Waals surface area contributed by atoms with Crippen LogP contribution in [0.4, 0.5) is 0 Å². The second-order valence-corrected chi connectivity index (χ2v) is 17.0. The van der Waals surface area contributed by atoms with Crippen molar-refractivity contribution in [1.29, 1.82) is 0 Å². The summed E-state index contributed by atoms with van der Waals surface area (Å²) in [5.74, 6) is -6.77. The SMILES string of the molecule is C1N2CN3CN1CN(C2)C3.C1N2CN3CN1CN(C2)C3.O.O.O.O.O.O.O=C([O-])c1ccccc1.O=C([O-])c1ccccc1.O=C([O-])c1ccccc1.O=C([O-])c1ccccc1.O=C([O-])c1ccccc1.O=C([O-])c1ccccc1.[Cd+2].[Cd+2].[Cd+2].[OH3+].[OH3+].[OH3+].[OH3+].[OH3+].[OH3+]. The molecule has 0 spiro atoms. The molecule has 8 saturated heterocycles. The molecule has 30 N–H and O–H groups in total. The molecule has 6 aromatic carbocycles. The molecule has 32 nitrogen and oxygen atoms in total. The molecule has 6 aromatic rings. The Balaban J connectivity index is -0.0000000848. The molecular weight excluding hydrogens is 1480 g/mol. The Hall–Kier alpha value is -5.89. The van der Waals surface area contributed by atoms with Crippen molar-refractivity contribution in [2.45, 2.75) is 0 Å². The number of hydrogen-bond donors (Lipinski definition) is 0. The van der Waals surface area contributed by atoms with Crippen LogP contribution < -0.4 is 30.6 Å². The Morgan fingerprint density at radius 1 is 0.202 bits per heavy atom. The average Bonchev–Trinajstić information content (AvgIpc) is 3.41. The van der Waals surface area contributed by atoms with Crippen LogP contribution in [0, 0.1) is 0 Å². The Bertz CT molecular complexity index is 2170. The van der Waals surface area contributed by atoms with Gasteiger partial charge in [0.05, 0.1) is 116 Å². The first-order valence-corrected chi connectivity index (χ1v) is 23.0. The topological polar surface area (TPSA) is 654 Å². The summed E-state index contributed by atoms with van der Waals surface area (Å²) in [4.78, 5) is 80.3. The average molecular weight is 1570 g/mol. The Morgan fingerprint density at radius 2 is 0.281 bits per heavy atom. The molecule has 0 saturated carbocycles. The number of aromatic carboxylic acids is 6. The molecule has 0 aliphatic carbocycles. The third kappa shape index (κ3) is 40.5. The monoisotopic (exact) mass is 1570 g/mol. The first-order chi connectivity index (χ1) is 35.6. The fourth-order valence-electron chi connectivity index (χ4n) is 7.91. The molecule has 8 aliphatic heterocycles. The summed E-state index contributed by atoms with van der Waals surface area (Å²) < 4.78 is 0. The number of carbonyl (C=O) groups excluding carboxylic acids is 6. The Kier molecular flexibility index (Phi) is 70.8. The zero-order valence-corrected chi connectivity index (χ0v) is 61.0. The maximum Gasteiger partial charge on any atom is 2.00 e. The van der Waals surface area contributed by atoms with E-state index in [0.29, 0.717) is 0 Å². The van der Waals surface area contributed by atoms with Gasteiger partial charge in [0.25, 0.3) is 0 Å². The van der Waals surface area contributed by atoms with Crippen LogP contribution in [0.5, 0.6) is 0 Å². The molecule has 89 heavy (non-hydrogen) atoms. The summed E-state index contributed by atoms with van der Waals surface area (Å²) in [5, 5.41) is 60.5. The van der Waals surface area contributed by atoms with Crippen molar-refractivity contribution in [2.75, 3.05) is 80.0 Å². The first kappa shape index (κ1) is 108. The molecule has 35 heteroatoms. The Morgan fingerprint density at radius 3 is 0.337 bits per heavy atom. The number of rotatable bonds is 6. The maximum absolute atomic E-state index is 10.1. The van der Waals surface area contributed by atoms with Crippen molar-refractivity contribution >= 4 is 35.8 Å². The second-order valence-electron chi connectivity index (χ2n) is 17.0. The number of carboxylic acid groups (broad SMARTS) is 6. The van der Waals surface area contributed by atoms with E-state index >= 15 is 0 Å². The quantitative estimate of drug-likeness (QED) is 0.110. The van der Waals surface area contributed by atoms with Gasteiger partial charge >= 0.3 is 81.9 Å². The third-order valence-electron chi connectivity index (χ3n) is 10.9. The van der Waals surface area contributed by atoms with E-state index in [2.05, 4.69) is 39.2 Å². The summed E-state index contributed by atoms with van der Waals surface area (Å²) in [6, 6.07) is 48.4. The summed E-state index contributed by atoms with van der Waals surface area (Å²) in [6.07, 6.45) is 0. The molecule has 8 bridgehead atoms. The minimum atomic E-state index is -1.13. The predicted molar refractivity (Wildman–Crippen MR) is 309 cm³/mol. The molecule has 0 radical (unpaired) electrons. The summed E-state index contributed by atoms with van der Waals surface area (Å²) in [6.45, 7) is 14.2. The van der Waals surface area contributed by atoms with Crippen molar-refractivity contribution in [3.8, 4) is 0 Å². The van der Waals surface area contributed by atoms with Gasteiger partial charge in [-0.1, -0.05) is 182 Å². The fourth-order valence-corrected chi connectivity index (χ4v) is 7.91. The normalized spacial score (nSPS) is 18.3. The van der Waals surface area contributed by atoms with Gasteiger partial charge in [-0.3, -0.25) is 39.2 Å². The van der Waals surface area contributed by atoms with Crippen molar-refractivity contribution in [2.24, 2.45) is 0 Å². The van der Waals surface area contributed by atoms with Crippen LogP contribution in [0.15, 0.2) is 182 Å². The van der Waals surface area contributed by atoms with E-state index in [1.54, 1.807) is 109 Å². The van der Waals surface area contributed by atoms with Gasteiger partial charge in [0.1, 0.15) is 0 Å². The maximum atomic E-state index is 10.1. The molecule has 0 aromatic heterocycles. The standard InChI is InChI=1S/6C7H6O2.2C6H12N4.3Cd.12H2O/c6*8-7(9)6-4-2-1-3-5-6;2*1-7-2-9-4-8(1)5-10(3-7)6-9;;;;;;;;;;;;;;;/h6*1-5H,(H,8,9);2*1-6H2;;;;12*1H2/q;;;;;;;;3*+2;;;;;;;;;;;;. The van der Waals surface area contributed by atoms with E-state index in [9.17, 15) is 59.4 Å². The summed E-state index contributed by atoms with van der Waals surface area (Å²) in [7, 11) is 0. The van der Waals surface area contributed by atoms with Gasteiger partial charge in [-0.25, -0.2) is 0 Å². The molecule has 8 aliphatic rings. The predicted octanol–water partition coefficient (Wildman–Crippen LogP) is -12.2. The zero-order chi connectivity index (χ0) is 53.2. The van der Waals surface area contributed by atoms with Crippen LogP contribution in [-0.4, -0.2) is 188 Å². The third-order valence-corrected chi connectivity index (χ3v) is 10.9. The Labute approximate surface area is 573 Å². The smallest absolute Gasteiger partial charge is 0.545 e. The van der Waals surface area contributed by atoms with Gasteiger partial charge in [-0.05, 0) is 33.4 Å². The van der Waals surface area contributed by atoms with Crippen LogP contribution >= 0.6 is 0 Å². The molecule has 484 valence electrons. The van der Waals surface area contributed by atoms with Gasteiger partial charge in [-0.15, -0.1) is 0 Å². The molecular formula is C54H84Cd3N8O24+6. The van der Waals surface area contributed by atoms with Crippen LogP contribution in [0.2, 0.25) is 0 Å². The van der Waals surface area contributed by atoms with Crippen molar-refractivity contribution < 1.29 is 207 Å². The van der Waals surface area contributed by atoms with Gasteiger partial charge < -0.3 is 125 Å². The molecule has 8 fully saturated rings. The van der Waals surface area contributed by atoms with E-state index < -0.39 is 35.8 Å². The van der Waals surface area contributed by atoms with Gasteiger partial charge in [-0.2, -0.15) is 0 Å². The van der Waals surface area contributed by atoms with Gasteiger partial charge in [0.2, 0.25) is 0 Å². The van der Waals surface area contributed by atoms with Gasteiger partial charge in [0.15, 0.2) is 0 Å². The van der Waals surface area contributed by atoms with Gasteiger partial charge in [0, 0.05) is 0 Å². The van der Waals surface area contributed by atoms with Crippen molar-refractivity contribution in [3.05, 3.63) is 215 Å². The largest absolute Gasteiger partial charge is 2.00 e. The fraction of sp³-hybridized carbons (Fsp3) is 0.222. The summed E-state index contributed by atoms with van der Waals surface area (Å²) in [5.41, 5.74) is 1.32. The molecule has 0 amide bonds. The number of benzene rings is 6. The van der Waals surface area contributed by atoms with Crippen LogP contribution in [0.3, 0.4) is 0 Å². The van der Waals surface area contributed by atoms with E-state index in [-0.39, 0.29) is 181 Å². The molecule has 0 atom stereocenters. The van der Waals surface area contributed by atoms with Crippen LogP contribution in [-0.2, 0) is 115 Å². The van der Waals surface area contributed by atoms with E-state index in [0.717, 1.165) is 0 Å². The van der Waals surface area contributed by atoms with Crippen molar-refractivity contribution in [3.63, 3.8) is 0 Å². The van der Waals surface area contributed by atoms with Crippen LogP contribution in [0.25, 0.3) is 0 Å². The molecule has 8 heterocycles. The second kappa shape index (κ2) is 58.5. The van der Waals surface area contributed by atoms with E-state index in [1.807, 2.05) is 0 Å². The number of hydrogen-bond acceptors (Lipinski definition) is 20. The first-order valence-electron chi connectivity index (χ1n) is 23.0.